The lowest BCUT2D eigenvalue weighted by Crippen LogP contribution is -2.15. The Bertz CT molecular complexity index is 527. The minimum absolute atomic E-state index is 0.0828. The molecular weight excluding hydrogens is 257 g/mol. The fourth-order valence-electron chi connectivity index (χ4n) is 1.19. The number of halogens is 1. The largest absolute Gasteiger partial charge is 0.506 e. The molecule has 6 nitrogen and oxygen atoms in total. The Kier molecular flexibility index (Phi) is 4.87. The Labute approximate surface area is 108 Å². The number of methoxy groups -OCH3 is 2. The summed E-state index contributed by atoms with van der Waals surface area (Å²) in [5, 5.41) is 11.9. The standard InChI is InChI=1S/C12H12FNO5/c1-18-11(16)6-9(12(17)19-2)14-8-5-7(13)3-4-10(8)15/h3-6,14-15H,1-2H3/b9-6+. The molecule has 0 bridgehead atoms. The first-order valence-corrected chi connectivity index (χ1v) is 5.11. The highest BCUT2D eigenvalue weighted by molar-refractivity contribution is 5.99. The van der Waals surface area contributed by atoms with Crippen LogP contribution in [0.25, 0.3) is 0 Å². The van der Waals surface area contributed by atoms with Crippen molar-refractivity contribution < 1.29 is 28.6 Å². The molecule has 7 heteroatoms. The monoisotopic (exact) mass is 269 g/mol. The summed E-state index contributed by atoms with van der Waals surface area (Å²) in [6, 6.07) is 3.11. The van der Waals surface area contributed by atoms with Crippen LogP contribution in [-0.2, 0) is 19.1 Å². The first kappa shape index (κ1) is 14.5. The summed E-state index contributed by atoms with van der Waals surface area (Å²) in [4.78, 5) is 22.5. The highest BCUT2D eigenvalue weighted by Crippen LogP contribution is 2.25. The number of hydrogen-bond donors (Lipinski definition) is 2. The SMILES string of the molecule is COC(=O)/C=C(/Nc1cc(F)ccc1O)C(=O)OC. The number of carbonyl (C=O) groups excluding carboxylic acids is 2. The lowest BCUT2D eigenvalue weighted by Gasteiger charge is -2.10. The normalized spacial score (nSPS) is 10.8. The van der Waals surface area contributed by atoms with E-state index in [2.05, 4.69) is 14.8 Å². The number of benzene rings is 1. The number of aromatic hydroxyl groups is 1. The molecule has 0 atom stereocenters. The van der Waals surface area contributed by atoms with Crippen LogP contribution in [0.5, 0.6) is 5.75 Å². The molecule has 1 rings (SSSR count). The molecule has 1 aromatic rings. The predicted octanol–water partition coefficient (Wildman–Crippen LogP) is 1.17. The van der Waals surface area contributed by atoms with Crippen LogP contribution in [0.4, 0.5) is 10.1 Å². The molecule has 0 amide bonds. The number of phenols is 1. The Balaban J connectivity index is 3.07. The third-order valence-electron chi connectivity index (χ3n) is 2.10. The number of esters is 2. The average Bonchev–Trinajstić information content (AvgIpc) is 2.40. The zero-order valence-electron chi connectivity index (χ0n) is 10.3. The van der Waals surface area contributed by atoms with Crippen molar-refractivity contribution >= 4 is 17.6 Å². The number of nitrogens with one attached hydrogen (secondary N) is 1. The molecule has 0 saturated carbocycles. The van der Waals surface area contributed by atoms with E-state index in [4.69, 9.17) is 0 Å². The van der Waals surface area contributed by atoms with Crippen LogP contribution < -0.4 is 5.32 Å². The average molecular weight is 269 g/mol. The van der Waals surface area contributed by atoms with Gasteiger partial charge in [-0.05, 0) is 12.1 Å². The molecule has 2 N–H and O–H groups in total. The van der Waals surface area contributed by atoms with Gasteiger partial charge in [0.1, 0.15) is 17.3 Å². The van der Waals surface area contributed by atoms with E-state index in [1.807, 2.05) is 0 Å². The Morgan fingerprint density at radius 3 is 2.58 bits per heavy atom. The third kappa shape index (κ3) is 3.98. The predicted molar refractivity (Wildman–Crippen MR) is 63.8 cm³/mol. The molecule has 0 spiro atoms. The molecule has 19 heavy (non-hydrogen) atoms. The van der Waals surface area contributed by atoms with E-state index < -0.39 is 17.8 Å². The summed E-state index contributed by atoms with van der Waals surface area (Å²) in [5.41, 5.74) is -0.379. The van der Waals surface area contributed by atoms with Crippen LogP contribution in [0, 0.1) is 5.82 Å². The van der Waals surface area contributed by atoms with Crippen molar-refractivity contribution in [2.24, 2.45) is 0 Å². The minimum Gasteiger partial charge on any atom is -0.506 e. The zero-order valence-corrected chi connectivity index (χ0v) is 10.3. The highest BCUT2D eigenvalue weighted by atomic mass is 19.1. The van der Waals surface area contributed by atoms with Gasteiger partial charge in [-0.2, -0.15) is 0 Å². The number of carbonyl (C=O) groups is 2. The third-order valence-corrected chi connectivity index (χ3v) is 2.10. The van der Waals surface area contributed by atoms with Crippen LogP contribution in [0.2, 0.25) is 0 Å². The molecule has 0 unspecified atom stereocenters. The number of phenolic OH excluding ortho intramolecular Hbond substituents is 1. The van der Waals surface area contributed by atoms with Gasteiger partial charge in [-0.3, -0.25) is 0 Å². The second-order valence-electron chi connectivity index (χ2n) is 3.36. The van der Waals surface area contributed by atoms with Gasteiger partial charge in [0.05, 0.1) is 26.0 Å². The molecule has 0 fully saturated rings. The maximum Gasteiger partial charge on any atom is 0.354 e. The molecule has 0 radical (unpaired) electrons. The van der Waals surface area contributed by atoms with Crippen LogP contribution in [0.1, 0.15) is 0 Å². The van der Waals surface area contributed by atoms with Crippen LogP contribution in [0.15, 0.2) is 30.0 Å². The van der Waals surface area contributed by atoms with E-state index in [9.17, 15) is 19.1 Å². The first-order chi connectivity index (χ1) is 8.97. The van der Waals surface area contributed by atoms with E-state index in [0.29, 0.717) is 0 Å². The maximum absolute atomic E-state index is 13.0. The van der Waals surface area contributed by atoms with E-state index in [-0.39, 0.29) is 17.1 Å². The van der Waals surface area contributed by atoms with Crippen molar-refractivity contribution in [3.63, 3.8) is 0 Å². The molecule has 0 aromatic heterocycles. The number of ether oxygens (including phenoxy) is 2. The highest BCUT2D eigenvalue weighted by Gasteiger charge is 2.14. The Morgan fingerprint density at radius 2 is 2.00 bits per heavy atom. The molecular formula is C12H12FNO5. The number of anilines is 1. The van der Waals surface area contributed by atoms with E-state index >= 15 is 0 Å². The fourth-order valence-corrected chi connectivity index (χ4v) is 1.19. The van der Waals surface area contributed by atoms with Crippen molar-refractivity contribution in [3.8, 4) is 5.75 Å². The topological polar surface area (TPSA) is 84.9 Å². The van der Waals surface area contributed by atoms with Gasteiger partial charge in [-0.15, -0.1) is 0 Å². The summed E-state index contributed by atoms with van der Waals surface area (Å²) in [6.45, 7) is 0. The van der Waals surface area contributed by atoms with Crippen molar-refractivity contribution in [2.75, 3.05) is 19.5 Å². The molecule has 0 heterocycles. The van der Waals surface area contributed by atoms with Gasteiger partial charge < -0.3 is 19.9 Å². The van der Waals surface area contributed by atoms with Gasteiger partial charge >= 0.3 is 11.9 Å². The van der Waals surface area contributed by atoms with Crippen LogP contribution >= 0.6 is 0 Å². The van der Waals surface area contributed by atoms with Crippen LogP contribution in [-0.4, -0.2) is 31.3 Å². The Hall–Kier alpha value is -2.57. The van der Waals surface area contributed by atoms with Crippen molar-refractivity contribution in [1.29, 1.82) is 0 Å². The van der Waals surface area contributed by atoms with Gasteiger partial charge in [-0.1, -0.05) is 0 Å². The zero-order chi connectivity index (χ0) is 14.4. The second kappa shape index (κ2) is 6.39. The minimum atomic E-state index is -0.867. The van der Waals surface area contributed by atoms with Crippen molar-refractivity contribution in [2.45, 2.75) is 0 Å². The fraction of sp³-hybridized carbons (Fsp3) is 0.167. The van der Waals surface area contributed by atoms with E-state index in [0.717, 1.165) is 38.5 Å². The lowest BCUT2D eigenvalue weighted by molar-refractivity contribution is -0.138. The van der Waals surface area contributed by atoms with Crippen molar-refractivity contribution in [1.82, 2.24) is 0 Å². The van der Waals surface area contributed by atoms with Gasteiger partial charge in [0.2, 0.25) is 0 Å². The lowest BCUT2D eigenvalue weighted by atomic mass is 10.2. The van der Waals surface area contributed by atoms with E-state index in [1.54, 1.807) is 0 Å². The summed E-state index contributed by atoms with van der Waals surface area (Å²) in [6.07, 6.45) is 0.830. The summed E-state index contributed by atoms with van der Waals surface area (Å²) < 4.78 is 21.8. The van der Waals surface area contributed by atoms with Gasteiger partial charge in [0.15, 0.2) is 0 Å². The maximum atomic E-state index is 13.0. The molecule has 0 aliphatic carbocycles. The smallest absolute Gasteiger partial charge is 0.354 e. The van der Waals surface area contributed by atoms with Crippen molar-refractivity contribution in [3.05, 3.63) is 35.8 Å². The van der Waals surface area contributed by atoms with Crippen LogP contribution in [0.3, 0.4) is 0 Å². The molecule has 0 saturated heterocycles. The van der Waals surface area contributed by atoms with Gasteiger partial charge in [-0.25, -0.2) is 14.0 Å². The molecule has 0 aliphatic heterocycles. The van der Waals surface area contributed by atoms with E-state index in [1.165, 1.54) is 0 Å². The molecule has 102 valence electrons. The molecule has 0 aliphatic rings. The number of hydrogen-bond acceptors (Lipinski definition) is 6. The van der Waals surface area contributed by atoms with Gasteiger partial charge in [0, 0.05) is 6.07 Å². The summed E-state index contributed by atoms with van der Waals surface area (Å²) in [7, 11) is 2.24. The first-order valence-electron chi connectivity index (χ1n) is 5.11. The summed E-state index contributed by atoms with van der Waals surface area (Å²) >= 11 is 0. The molecule has 1 aromatic carbocycles. The second-order valence-corrected chi connectivity index (χ2v) is 3.36. The number of rotatable bonds is 4. The summed E-state index contributed by atoms with van der Waals surface area (Å²) in [5.74, 6) is -2.58. The Morgan fingerprint density at radius 1 is 1.32 bits per heavy atom. The van der Waals surface area contributed by atoms with Gasteiger partial charge in [0.25, 0.3) is 0 Å². The quantitative estimate of drug-likeness (QED) is 0.485.